The van der Waals surface area contributed by atoms with E-state index in [2.05, 4.69) is 18.9 Å². The third-order valence-electron chi connectivity index (χ3n) is 2.20. The monoisotopic (exact) mass is 286 g/mol. The Labute approximate surface area is 103 Å². The van der Waals surface area contributed by atoms with E-state index in [4.69, 9.17) is 9.79 Å². The summed E-state index contributed by atoms with van der Waals surface area (Å²) >= 11 is 0. The highest BCUT2D eigenvalue weighted by atomic mass is 31.2. The fourth-order valence-electron chi connectivity index (χ4n) is 1.35. The smallest absolute Gasteiger partial charge is 0.368 e. The van der Waals surface area contributed by atoms with Crippen LogP contribution in [0.5, 0.6) is 0 Å². The van der Waals surface area contributed by atoms with Crippen LogP contribution in [0.15, 0.2) is 0 Å². The van der Waals surface area contributed by atoms with Crippen molar-refractivity contribution in [2.75, 3.05) is 28.4 Å². The van der Waals surface area contributed by atoms with Gasteiger partial charge in [0.05, 0.1) is 14.2 Å². The first-order valence-corrected chi connectivity index (χ1v) is 6.21. The summed E-state index contributed by atoms with van der Waals surface area (Å²) in [4.78, 5) is 41.4. The van der Waals surface area contributed by atoms with Crippen molar-refractivity contribution in [2.24, 2.45) is 0 Å². The molecule has 0 aliphatic heterocycles. The van der Waals surface area contributed by atoms with Crippen LogP contribution in [-0.2, 0) is 33.1 Å². The molecular formula is C8H15O9P. The van der Waals surface area contributed by atoms with Crippen LogP contribution in [0.1, 0.15) is 0 Å². The minimum absolute atomic E-state index is 0.901. The maximum absolute atomic E-state index is 11.6. The lowest BCUT2D eigenvalue weighted by atomic mass is 10.2. The summed E-state index contributed by atoms with van der Waals surface area (Å²) < 4.78 is 29.2. The van der Waals surface area contributed by atoms with Gasteiger partial charge in [0.15, 0.2) is 0 Å². The standard InChI is InChI=1S/C8H15O9P/c1-14-6(9)5(18(11,12)13)8(16-3,17-4)7(10)15-2/h5H,1-4H3,(H2,11,12,13). The fraction of sp³-hybridized carbons (Fsp3) is 0.750. The molecule has 0 rings (SSSR count). The van der Waals surface area contributed by atoms with Gasteiger partial charge in [-0.25, -0.2) is 4.79 Å². The number of esters is 2. The molecule has 2 N–H and O–H groups in total. The maximum atomic E-state index is 11.6. The number of methoxy groups -OCH3 is 4. The van der Waals surface area contributed by atoms with Gasteiger partial charge in [0.25, 0.3) is 5.79 Å². The highest BCUT2D eigenvalue weighted by molar-refractivity contribution is 7.53. The lowest BCUT2D eigenvalue weighted by Crippen LogP contribution is -2.56. The molecule has 9 nitrogen and oxygen atoms in total. The normalized spacial score (nSPS) is 13.9. The highest BCUT2D eigenvalue weighted by Crippen LogP contribution is 2.48. The molecule has 1 atom stereocenters. The third kappa shape index (κ3) is 3.06. The zero-order chi connectivity index (χ0) is 14.6. The number of rotatable bonds is 6. The minimum Gasteiger partial charge on any atom is -0.468 e. The number of carbonyl (C=O) groups is 2. The minimum atomic E-state index is -5.10. The lowest BCUT2D eigenvalue weighted by Gasteiger charge is -2.33. The van der Waals surface area contributed by atoms with E-state index < -0.39 is 31.0 Å². The van der Waals surface area contributed by atoms with E-state index in [1.807, 2.05) is 0 Å². The van der Waals surface area contributed by atoms with Gasteiger partial charge in [-0.2, -0.15) is 0 Å². The van der Waals surface area contributed by atoms with E-state index in [9.17, 15) is 14.2 Å². The molecule has 0 aliphatic carbocycles. The second kappa shape index (κ2) is 6.26. The Kier molecular flexibility index (Phi) is 5.91. The Morgan fingerprint density at radius 1 is 1.06 bits per heavy atom. The molecule has 0 spiro atoms. The van der Waals surface area contributed by atoms with Gasteiger partial charge in [-0.1, -0.05) is 0 Å². The second-order valence-electron chi connectivity index (χ2n) is 3.08. The highest BCUT2D eigenvalue weighted by Gasteiger charge is 2.61. The molecule has 0 bridgehead atoms. The van der Waals surface area contributed by atoms with Gasteiger partial charge in [0.1, 0.15) is 0 Å². The van der Waals surface area contributed by atoms with Crippen LogP contribution in [0.2, 0.25) is 0 Å². The van der Waals surface area contributed by atoms with Crippen LogP contribution in [-0.4, -0.2) is 61.6 Å². The Morgan fingerprint density at radius 2 is 1.50 bits per heavy atom. The Hall–Kier alpha value is -0.990. The van der Waals surface area contributed by atoms with Crippen LogP contribution in [0.4, 0.5) is 0 Å². The number of hydrogen-bond acceptors (Lipinski definition) is 7. The molecule has 0 fully saturated rings. The molecule has 106 valence electrons. The Balaban J connectivity index is 5.87. The molecule has 0 saturated heterocycles. The predicted octanol–water partition coefficient (Wildman–Crippen LogP) is -1.13. The van der Waals surface area contributed by atoms with Crippen molar-refractivity contribution in [1.82, 2.24) is 0 Å². The molecule has 0 heterocycles. The molecule has 0 radical (unpaired) electrons. The lowest BCUT2D eigenvalue weighted by molar-refractivity contribution is -0.231. The molecule has 0 aromatic carbocycles. The summed E-state index contributed by atoms with van der Waals surface area (Å²) in [5.74, 6) is -5.22. The molecule has 0 aromatic rings. The van der Waals surface area contributed by atoms with Gasteiger partial charge < -0.3 is 28.7 Å². The summed E-state index contributed by atoms with van der Waals surface area (Å²) in [7, 11) is -1.37. The first-order valence-electron chi connectivity index (χ1n) is 4.53. The third-order valence-corrected chi connectivity index (χ3v) is 3.42. The number of carbonyl (C=O) groups excluding carboxylic acids is 2. The first kappa shape index (κ1) is 17.0. The largest absolute Gasteiger partial charge is 0.468 e. The van der Waals surface area contributed by atoms with Crippen molar-refractivity contribution in [1.29, 1.82) is 0 Å². The van der Waals surface area contributed by atoms with Crippen molar-refractivity contribution in [3.05, 3.63) is 0 Å². The summed E-state index contributed by atoms with van der Waals surface area (Å²) in [5, 5.41) is 0. The second-order valence-corrected chi connectivity index (χ2v) is 4.78. The zero-order valence-electron chi connectivity index (χ0n) is 10.3. The average Bonchev–Trinajstić information content (AvgIpc) is 2.32. The zero-order valence-corrected chi connectivity index (χ0v) is 11.2. The number of hydrogen-bond donors (Lipinski definition) is 2. The van der Waals surface area contributed by atoms with Crippen LogP contribution in [0.25, 0.3) is 0 Å². The van der Waals surface area contributed by atoms with E-state index in [0.29, 0.717) is 0 Å². The molecule has 0 saturated carbocycles. The summed E-state index contributed by atoms with van der Waals surface area (Å²) in [6.07, 6.45) is 0. The van der Waals surface area contributed by atoms with Crippen LogP contribution < -0.4 is 0 Å². The van der Waals surface area contributed by atoms with Gasteiger partial charge in [-0.05, 0) is 0 Å². The van der Waals surface area contributed by atoms with Crippen molar-refractivity contribution in [3.8, 4) is 0 Å². The Morgan fingerprint density at radius 3 is 1.72 bits per heavy atom. The summed E-state index contributed by atoms with van der Waals surface area (Å²) in [6, 6.07) is 0. The van der Waals surface area contributed by atoms with Crippen molar-refractivity contribution in [3.63, 3.8) is 0 Å². The van der Waals surface area contributed by atoms with Crippen molar-refractivity contribution < 1.29 is 42.9 Å². The molecule has 0 aromatic heterocycles. The van der Waals surface area contributed by atoms with Gasteiger partial charge in [0, 0.05) is 14.2 Å². The molecule has 0 aliphatic rings. The fourth-order valence-corrected chi connectivity index (χ4v) is 2.49. The summed E-state index contributed by atoms with van der Waals surface area (Å²) in [5.41, 5.74) is -2.29. The maximum Gasteiger partial charge on any atom is 0.368 e. The predicted molar refractivity (Wildman–Crippen MR) is 56.6 cm³/mol. The molecule has 1 unspecified atom stereocenters. The first-order chi connectivity index (χ1) is 8.21. The van der Waals surface area contributed by atoms with Gasteiger partial charge in [0.2, 0.25) is 5.66 Å². The van der Waals surface area contributed by atoms with E-state index in [1.165, 1.54) is 0 Å². The van der Waals surface area contributed by atoms with Crippen LogP contribution in [0.3, 0.4) is 0 Å². The SMILES string of the molecule is COC(=O)C(C(OC)(OC)C(=O)OC)P(=O)(O)O. The van der Waals surface area contributed by atoms with Crippen molar-refractivity contribution >= 4 is 19.5 Å². The molecule has 0 amide bonds. The van der Waals surface area contributed by atoms with Crippen molar-refractivity contribution in [2.45, 2.75) is 11.4 Å². The van der Waals surface area contributed by atoms with Gasteiger partial charge in [-0.3, -0.25) is 9.36 Å². The van der Waals surface area contributed by atoms with E-state index >= 15 is 0 Å². The van der Waals surface area contributed by atoms with Crippen LogP contribution in [0, 0.1) is 0 Å². The van der Waals surface area contributed by atoms with Gasteiger partial charge in [-0.15, -0.1) is 0 Å². The summed E-state index contributed by atoms with van der Waals surface area (Å²) in [6.45, 7) is 0. The van der Waals surface area contributed by atoms with E-state index in [0.717, 1.165) is 28.4 Å². The quantitative estimate of drug-likeness (QED) is 0.354. The molecular weight excluding hydrogens is 271 g/mol. The Bertz CT molecular complexity index is 356. The number of ether oxygens (including phenoxy) is 4. The average molecular weight is 286 g/mol. The van der Waals surface area contributed by atoms with Crippen LogP contribution >= 0.6 is 7.60 Å². The molecule has 10 heteroatoms. The topological polar surface area (TPSA) is 129 Å². The van der Waals surface area contributed by atoms with E-state index in [1.54, 1.807) is 0 Å². The van der Waals surface area contributed by atoms with Gasteiger partial charge >= 0.3 is 19.5 Å². The molecule has 18 heavy (non-hydrogen) atoms. The van der Waals surface area contributed by atoms with E-state index in [-0.39, 0.29) is 0 Å².